The molecular formula is C17H15N3O. The van der Waals surface area contributed by atoms with Crippen molar-refractivity contribution in [1.29, 1.82) is 0 Å². The van der Waals surface area contributed by atoms with Gasteiger partial charge in [-0.25, -0.2) is 0 Å². The zero-order valence-corrected chi connectivity index (χ0v) is 11.6. The van der Waals surface area contributed by atoms with E-state index < -0.39 is 5.91 Å². The SMILES string of the molecule is Cc1ccc(-c2[nH]c(-c3ccncc3)cc2C(N)=O)cc1. The van der Waals surface area contributed by atoms with E-state index in [2.05, 4.69) is 9.97 Å². The van der Waals surface area contributed by atoms with Gasteiger partial charge in [0.15, 0.2) is 0 Å². The Morgan fingerprint density at radius 1 is 1.05 bits per heavy atom. The van der Waals surface area contributed by atoms with Crippen molar-refractivity contribution in [3.8, 4) is 22.5 Å². The van der Waals surface area contributed by atoms with Crippen molar-refractivity contribution >= 4 is 5.91 Å². The van der Waals surface area contributed by atoms with Crippen molar-refractivity contribution in [2.75, 3.05) is 0 Å². The average Bonchev–Trinajstić information content (AvgIpc) is 2.94. The number of nitrogens with one attached hydrogen (secondary N) is 1. The van der Waals surface area contributed by atoms with Gasteiger partial charge in [0.2, 0.25) is 0 Å². The minimum atomic E-state index is -0.442. The second kappa shape index (κ2) is 5.25. The summed E-state index contributed by atoms with van der Waals surface area (Å²) in [6.07, 6.45) is 3.43. The van der Waals surface area contributed by atoms with E-state index in [1.54, 1.807) is 18.5 Å². The van der Waals surface area contributed by atoms with Crippen LogP contribution in [0.3, 0.4) is 0 Å². The van der Waals surface area contributed by atoms with Gasteiger partial charge in [0, 0.05) is 23.7 Å². The Hall–Kier alpha value is -2.88. The van der Waals surface area contributed by atoms with E-state index in [1.165, 1.54) is 5.56 Å². The Morgan fingerprint density at radius 2 is 1.71 bits per heavy atom. The standard InChI is InChI=1S/C17H15N3O/c1-11-2-4-13(5-3-11)16-14(17(18)21)10-15(20-16)12-6-8-19-9-7-12/h2-10,20H,1H3,(H2,18,21). The number of carbonyl (C=O) groups excluding carboxylic acids is 1. The molecule has 4 heteroatoms. The molecule has 0 aliphatic heterocycles. The van der Waals surface area contributed by atoms with Gasteiger partial charge in [0.05, 0.1) is 11.3 Å². The fourth-order valence-electron chi connectivity index (χ4n) is 2.28. The molecule has 0 aliphatic carbocycles. The van der Waals surface area contributed by atoms with Crippen LogP contribution in [0.15, 0.2) is 54.9 Å². The first-order valence-corrected chi connectivity index (χ1v) is 6.65. The van der Waals surface area contributed by atoms with E-state index in [4.69, 9.17) is 5.73 Å². The highest BCUT2D eigenvalue weighted by Gasteiger charge is 2.15. The molecule has 1 amide bonds. The molecule has 2 heterocycles. The third kappa shape index (κ3) is 2.56. The number of nitrogens with zero attached hydrogens (tertiary/aromatic N) is 1. The molecule has 3 aromatic rings. The average molecular weight is 277 g/mol. The smallest absolute Gasteiger partial charge is 0.250 e. The molecule has 0 fully saturated rings. The first-order chi connectivity index (χ1) is 10.1. The zero-order valence-electron chi connectivity index (χ0n) is 11.6. The summed E-state index contributed by atoms with van der Waals surface area (Å²) in [5, 5.41) is 0. The van der Waals surface area contributed by atoms with Gasteiger partial charge in [0.1, 0.15) is 0 Å². The number of hydrogen-bond acceptors (Lipinski definition) is 2. The minimum absolute atomic E-state index is 0.442. The molecule has 0 unspecified atom stereocenters. The summed E-state index contributed by atoms with van der Waals surface area (Å²) in [6, 6.07) is 13.5. The molecule has 0 bridgehead atoms. The van der Waals surface area contributed by atoms with Crippen LogP contribution in [0.25, 0.3) is 22.5 Å². The van der Waals surface area contributed by atoms with Crippen LogP contribution in [0.4, 0.5) is 0 Å². The maximum Gasteiger partial charge on any atom is 0.250 e. The number of primary amides is 1. The summed E-state index contributed by atoms with van der Waals surface area (Å²) in [5.74, 6) is -0.442. The number of aryl methyl sites for hydroxylation is 1. The maximum atomic E-state index is 11.7. The summed E-state index contributed by atoms with van der Waals surface area (Å²) in [7, 11) is 0. The van der Waals surface area contributed by atoms with Crippen molar-refractivity contribution in [2.45, 2.75) is 6.92 Å². The van der Waals surface area contributed by atoms with E-state index in [-0.39, 0.29) is 0 Å². The molecule has 0 saturated heterocycles. The summed E-state index contributed by atoms with van der Waals surface area (Å²) in [5.41, 5.74) is 10.7. The van der Waals surface area contributed by atoms with Crippen molar-refractivity contribution in [1.82, 2.24) is 9.97 Å². The Bertz CT molecular complexity index is 774. The van der Waals surface area contributed by atoms with Crippen molar-refractivity contribution in [3.63, 3.8) is 0 Å². The van der Waals surface area contributed by atoms with Crippen molar-refractivity contribution < 1.29 is 4.79 Å². The molecule has 3 N–H and O–H groups in total. The normalized spacial score (nSPS) is 10.5. The molecule has 0 saturated carbocycles. The van der Waals surface area contributed by atoms with Crippen LogP contribution in [0.1, 0.15) is 15.9 Å². The topological polar surface area (TPSA) is 71.8 Å². The lowest BCUT2D eigenvalue weighted by Crippen LogP contribution is -2.11. The highest BCUT2D eigenvalue weighted by molar-refractivity contribution is 6.00. The third-order valence-corrected chi connectivity index (χ3v) is 3.41. The number of rotatable bonds is 3. The summed E-state index contributed by atoms with van der Waals surface area (Å²) in [4.78, 5) is 19.0. The highest BCUT2D eigenvalue weighted by Crippen LogP contribution is 2.28. The number of aromatic nitrogens is 2. The number of aromatic amines is 1. The quantitative estimate of drug-likeness (QED) is 0.772. The predicted molar refractivity (Wildman–Crippen MR) is 82.7 cm³/mol. The molecule has 0 atom stereocenters. The number of nitrogens with two attached hydrogens (primary N) is 1. The molecule has 0 spiro atoms. The van der Waals surface area contributed by atoms with Crippen LogP contribution in [0.2, 0.25) is 0 Å². The van der Waals surface area contributed by atoms with E-state index >= 15 is 0 Å². The highest BCUT2D eigenvalue weighted by atomic mass is 16.1. The number of pyridine rings is 1. The molecule has 104 valence electrons. The molecule has 0 radical (unpaired) electrons. The third-order valence-electron chi connectivity index (χ3n) is 3.41. The summed E-state index contributed by atoms with van der Waals surface area (Å²) < 4.78 is 0. The second-order valence-corrected chi connectivity index (χ2v) is 4.94. The van der Waals surface area contributed by atoms with Gasteiger partial charge in [-0.15, -0.1) is 0 Å². The second-order valence-electron chi connectivity index (χ2n) is 4.94. The molecular weight excluding hydrogens is 262 g/mol. The minimum Gasteiger partial charge on any atom is -0.366 e. The van der Waals surface area contributed by atoms with Gasteiger partial charge in [-0.1, -0.05) is 29.8 Å². The molecule has 1 aromatic carbocycles. The maximum absolute atomic E-state index is 11.7. The van der Waals surface area contributed by atoms with Gasteiger partial charge in [-0.05, 0) is 30.7 Å². The number of hydrogen-bond donors (Lipinski definition) is 2. The number of H-pyrrole nitrogens is 1. The van der Waals surface area contributed by atoms with Crippen LogP contribution in [0, 0.1) is 6.92 Å². The fourth-order valence-corrected chi connectivity index (χ4v) is 2.28. The number of benzene rings is 1. The van der Waals surface area contributed by atoms with Crippen LogP contribution in [0.5, 0.6) is 0 Å². The largest absolute Gasteiger partial charge is 0.366 e. The van der Waals surface area contributed by atoms with Crippen LogP contribution in [-0.4, -0.2) is 15.9 Å². The van der Waals surface area contributed by atoms with Gasteiger partial charge in [-0.3, -0.25) is 9.78 Å². The lowest BCUT2D eigenvalue weighted by atomic mass is 10.1. The first-order valence-electron chi connectivity index (χ1n) is 6.65. The first kappa shape index (κ1) is 13.1. The molecule has 0 aliphatic rings. The van der Waals surface area contributed by atoms with E-state index in [9.17, 15) is 4.79 Å². The monoisotopic (exact) mass is 277 g/mol. The van der Waals surface area contributed by atoms with Crippen molar-refractivity contribution in [2.24, 2.45) is 5.73 Å². The van der Waals surface area contributed by atoms with Gasteiger partial charge in [0.25, 0.3) is 5.91 Å². The Morgan fingerprint density at radius 3 is 2.33 bits per heavy atom. The lowest BCUT2D eigenvalue weighted by Gasteiger charge is -2.02. The number of amides is 1. The van der Waals surface area contributed by atoms with E-state index in [0.717, 1.165) is 22.5 Å². The van der Waals surface area contributed by atoms with Crippen molar-refractivity contribution in [3.05, 3.63) is 66.0 Å². The van der Waals surface area contributed by atoms with E-state index in [0.29, 0.717) is 5.56 Å². The Balaban J connectivity index is 2.14. The van der Waals surface area contributed by atoms with Crippen LogP contribution >= 0.6 is 0 Å². The fraction of sp³-hybridized carbons (Fsp3) is 0.0588. The van der Waals surface area contributed by atoms with E-state index in [1.807, 2.05) is 43.3 Å². The molecule has 4 nitrogen and oxygen atoms in total. The molecule has 2 aromatic heterocycles. The van der Waals surface area contributed by atoms with Gasteiger partial charge in [-0.2, -0.15) is 0 Å². The number of carbonyl (C=O) groups is 1. The summed E-state index contributed by atoms with van der Waals surface area (Å²) in [6.45, 7) is 2.02. The lowest BCUT2D eigenvalue weighted by molar-refractivity contribution is 0.100. The molecule has 3 rings (SSSR count). The van der Waals surface area contributed by atoms with Gasteiger partial charge >= 0.3 is 0 Å². The summed E-state index contributed by atoms with van der Waals surface area (Å²) >= 11 is 0. The van der Waals surface area contributed by atoms with Crippen LogP contribution < -0.4 is 5.73 Å². The zero-order chi connectivity index (χ0) is 14.8. The van der Waals surface area contributed by atoms with Gasteiger partial charge < -0.3 is 10.7 Å². The Kier molecular flexibility index (Phi) is 3.28. The molecule has 21 heavy (non-hydrogen) atoms. The van der Waals surface area contributed by atoms with Crippen LogP contribution in [-0.2, 0) is 0 Å². The Labute approximate surface area is 122 Å². The predicted octanol–water partition coefficient (Wildman–Crippen LogP) is 3.15.